The van der Waals surface area contributed by atoms with Gasteiger partial charge >= 0.3 is 0 Å². The predicted octanol–water partition coefficient (Wildman–Crippen LogP) is 2.43. The Morgan fingerprint density at radius 2 is 1.05 bits per heavy atom. The van der Waals surface area contributed by atoms with E-state index in [1.807, 2.05) is 32.6 Å². The van der Waals surface area contributed by atoms with Gasteiger partial charge in [-0.05, 0) is 55.4 Å². The Kier molecular flexibility index (Phi) is 7.58. The van der Waals surface area contributed by atoms with Crippen molar-refractivity contribution in [2.75, 3.05) is 0 Å². The maximum atomic E-state index is 10.6. The Bertz CT molecular complexity index is 278. The minimum atomic E-state index is -0.769. The van der Waals surface area contributed by atoms with Gasteiger partial charge in [-0.15, -0.1) is 0 Å². The maximum absolute atomic E-state index is 10.6. The first-order valence-electron chi connectivity index (χ1n) is 7.27. The molecule has 0 rings (SSSR count). The van der Waals surface area contributed by atoms with Crippen LogP contribution < -0.4 is 0 Å². The van der Waals surface area contributed by atoms with Crippen LogP contribution in [0.3, 0.4) is 0 Å². The van der Waals surface area contributed by atoms with Crippen molar-refractivity contribution in [3.8, 4) is 6.07 Å². The molecular formula is C15H31N3O. The van der Waals surface area contributed by atoms with Crippen molar-refractivity contribution in [3.05, 3.63) is 0 Å². The SMILES string of the molecule is CC(C)N(C(C)C)C(O)C(C#N)N(C(C)C)C(C)C. The molecule has 4 heteroatoms. The summed E-state index contributed by atoms with van der Waals surface area (Å²) in [7, 11) is 0. The highest BCUT2D eigenvalue weighted by Gasteiger charge is 2.35. The van der Waals surface area contributed by atoms with Gasteiger partial charge in [-0.2, -0.15) is 5.26 Å². The van der Waals surface area contributed by atoms with Crippen molar-refractivity contribution in [2.24, 2.45) is 0 Å². The van der Waals surface area contributed by atoms with Crippen LogP contribution in [-0.2, 0) is 0 Å². The fraction of sp³-hybridized carbons (Fsp3) is 0.933. The van der Waals surface area contributed by atoms with Crippen LogP contribution in [0.15, 0.2) is 0 Å². The van der Waals surface area contributed by atoms with Crippen LogP contribution in [-0.4, -0.2) is 51.3 Å². The molecule has 0 amide bonds. The molecule has 2 atom stereocenters. The lowest BCUT2D eigenvalue weighted by molar-refractivity contribution is -0.0859. The van der Waals surface area contributed by atoms with Crippen molar-refractivity contribution in [1.29, 1.82) is 5.26 Å². The van der Waals surface area contributed by atoms with Crippen molar-refractivity contribution in [2.45, 2.75) is 91.8 Å². The first kappa shape index (κ1) is 18.4. The number of nitriles is 1. The maximum Gasteiger partial charge on any atom is 0.138 e. The van der Waals surface area contributed by atoms with Gasteiger partial charge in [-0.1, -0.05) is 0 Å². The topological polar surface area (TPSA) is 50.5 Å². The number of aliphatic hydroxyl groups excluding tert-OH is 1. The molecule has 0 aliphatic rings. The summed E-state index contributed by atoms with van der Waals surface area (Å²) in [6.45, 7) is 16.4. The van der Waals surface area contributed by atoms with E-state index in [0.717, 1.165) is 0 Å². The Labute approximate surface area is 119 Å². The van der Waals surface area contributed by atoms with Gasteiger partial charge in [0.15, 0.2) is 0 Å². The molecule has 0 bridgehead atoms. The molecule has 0 radical (unpaired) electrons. The summed E-state index contributed by atoms with van der Waals surface area (Å²) in [5.74, 6) is 0. The predicted molar refractivity (Wildman–Crippen MR) is 79.6 cm³/mol. The first-order chi connectivity index (χ1) is 8.64. The molecule has 0 aromatic carbocycles. The van der Waals surface area contributed by atoms with E-state index >= 15 is 0 Å². The second-order valence-electron chi connectivity index (χ2n) is 6.26. The molecule has 112 valence electrons. The van der Waals surface area contributed by atoms with Crippen LogP contribution in [0.25, 0.3) is 0 Å². The molecule has 2 unspecified atom stereocenters. The monoisotopic (exact) mass is 269 g/mol. The molecule has 0 saturated carbocycles. The van der Waals surface area contributed by atoms with Crippen LogP contribution in [0, 0.1) is 11.3 Å². The summed E-state index contributed by atoms with van der Waals surface area (Å²) in [5, 5.41) is 20.1. The lowest BCUT2D eigenvalue weighted by Gasteiger charge is -2.43. The van der Waals surface area contributed by atoms with Crippen LogP contribution >= 0.6 is 0 Å². The summed E-state index contributed by atoms with van der Waals surface area (Å²) in [6, 6.07) is 2.63. The number of nitrogens with zero attached hydrogens (tertiary/aromatic N) is 3. The fourth-order valence-corrected chi connectivity index (χ4v) is 2.90. The highest BCUT2D eigenvalue weighted by atomic mass is 16.3. The number of rotatable bonds is 7. The van der Waals surface area contributed by atoms with Crippen LogP contribution in [0.2, 0.25) is 0 Å². The first-order valence-corrected chi connectivity index (χ1v) is 7.27. The lowest BCUT2D eigenvalue weighted by atomic mass is 10.1. The minimum Gasteiger partial charge on any atom is -0.376 e. The molecule has 0 aromatic heterocycles. The van der Waals surface area contributed by atoms with Crippen LogP contribution in [0.1, 0.15) is 55.4 Å². The zero-order valence-electron chi connectivity index (χ0n) is 13.8. The average Bonchev–Trinajstić information content (AvgIpc) is 2.22. The summed E-state index contributed by atoms with van der Waals surface area (Å²) >= 11 is 0. The third kappa shape index (κ3) is 4.76. The Balaban J connectivity index is 5.28. The molecule has 1 N–H and O–H groups in total. The average molecular weight is 269 g/mol. The molecule has 0 heterocycles. The van der Waals surface area contributed by atoms with Gasteiger partial charge in [0.1, 0.15) is 12.3 Å². The highest BCUT2D eigenvalue weighted by molar-refractivity contribution is 5.00. The van der Waals surface area contributed by atoms with E-state index in [2.05, 4.69) is 38.7 Å². The molecule has 0 aliphatic carbocycles. The summed E-state index contributed by atoms with van der Waals surface area (Å²) in [6.07, 6.45) is -0.769. The third-order valence-corrected chi connectivity index (χ3v) is 3.43. The normalized spacial score (nSPS) is 15.9. The smallest absolute Gasteiger partial charge is 0.138 e. The van der Waals surface area contributed by atoms with E-state index < -0.39 is 12.3 Å². The van der Waals surface area contributed by atoms with Crippen molar-refractivity contribution >= 4 is 0 Å². The third-order valence-electron chi connectivity index (χ3n) is 3.43. The van der Waals surface area contributed by atoms with Gasteiger partial charge in [0.2, 0.25) is 0 Å². The van der Waals surface area contributed by atoms with E-state index in [4.69, 9.17) is 0 Å². The Hall–Kier alpha value is -0.630. The van der Waals surface area contributed by atoms with Gasteiger partial charge < -0.3 is 5.11 Å². The second kappa shape index (κ2) is 7.84. The Morgan fingerprint density at radius 1 is 0.737 bits per heavy atom. The molecule has 0 spiro atoms. The molecule has 0 saturated heterocycles. The minimum absolute atomic E-state index is 0.201. The number of hydrogen-bond acceptors (Lipinski definition) is 4. The summed E-state index contributed by atoms with van der Waals surface area (Å²) < 4.78 is 0. The zero-order chi connectivity index (χ0) is 15.3. The fourth-order valence-electron chi connectivity index (χ4n) is 2.90. The molecule has 19 heavy (non-hydrogen) atoms. The van der Waals surface area contributed by atoms with E-state index in [-0.39, 0.29) is 24.2 Å². The van der Waals surface area contributed by atoms with Gasteiger partial charge in [-0.3, -0.25) is 9.80 Å². The largest absolute Gasteiger partial charge is 0.376 e. The lowest BCUT2D eigenvalue weighted by Crippen LogP contribution is -2.58. The Morgan fingerprint density at radius 3 is 1.26 bits per heavy atom. The van der Waals surface area contributed by atoms with Crippen LogP contribution in [0.5, 0.6) is 0 Å². The van der Waals surface area contributed by atoms with Gasteiger partial charge in [0.05, 0.1) is 6.07 Å². The molecule has 0 fully saturated rings. The number of aliphatic hydroxyl groups is 1. The quantitative estimate of drug-likeness (QED) is 0.721. The zero-order valence-corrected chi connectivity index (χ0v) is 13.8. The molecular weight excluding hydrogens is 238 g/mol. The van der Waals surface area contributed by atoms with Gasteiger partial charge in [0, 0.05) is 24.2 Å². The van der Waals surface area contributed by atoms with E-state index in [1.165, 1.54) is 0 Å². The van der Waals surface area contributed by atoms with Crippen LogP contribution in [0.4, 0.5) is 0 Å². The van der Waals surface area contributed by atoms with Crippen molar-refractivity contribution < 1.29 is 5.11 Å². The molecule has 0 aromatic rings. The highest BCUT2D eigenvalue weighted by Crippen LogP contribution is 2.19. The second-order valence-corrected chi connectivity index (χ2v) is 6.26. The van der Waals surface area contributed by atoms with Gasteiger partial charge in [0.25, 0.3) is 0 Å². The number of hydrogen-bond donors (Lipinski definition) is 1. The van der Waals surface area contributed by atoms with E-state index in [0.29, 0.717) is 0 Å². The summed E-state index contributed by atoms with van der Waals surface area (Å²) in [4.78, 5) is 4.06. The van der Waals surface area contributed by atoms with Gasteiger partial charge in [-0.25, -0.2) is 0 Å². The van der Waals surface area contributed by atoms with E-state index in [9.17, 15) is 10.4 Å². The standard InChI is InChI=1S/C15H31N3O/c1-10(2)17(11(3)4)14(9-16)15(19)18(12(5)6)13(7)8/h10-15,19H,1-8H3. The van der Waals surface area contributed by atoms with Crippen molar-refractivity contribution in [3.63, 3.8) is 0 Å². The summed E-state index contributed by atoms with van der Waals surface area (Å²) in [5.41, 5.74) is 0. The van der Waals surface area contributed by atoms with E-state index in [1.54, 1.807) is 0 Å². The van der Waals surface area contributed by atoms with Crippen molar-refractivity contribution in [1.82, 2.24) is 9.80 Å². The molecule has 4 nitrogen and oxygen atoms in total. The molecule has 0 aliphatic heterocycles.